The molecule has 46 nitrogen and oxygen atoms in total. The van der Waals surface area contributed by atoms with Crippen molar-refractivity contribution in [3.8, 4) is 80.1 Å². The quantitative estimate of drug-likeness (QED) is 0.0348. The van der Waals surface area contributed by atoms with Crippen molar-refractivity contribution in [2.75, 3.05) is 19.8 Å². The number of carbonyl (C=O) groups excluding carboxylic acids is 10. The lowest BCUT2D eigenvalue weighted by molar-refractivity contribution is -0.284. The van der Waals surface area contributed by atoms with Crippen LogP contribution in [0.5, 0.6) is 69.0 Å². The van der Waals surface area contributed by atoms with Gasteiger partial charge in [0.25, 0.3) is 0 Å². The monoisotopic (exact) mass is 2010 g/mol. The van der Waals surface area contributed by atoms with Gasteiger partial charge in [0.1, 0.15) is 156 Å². The molecule has 9 aliphatic rings. The smallest absolute Gasteiger partial charge is 0.330 e. The van der Waals surface area contributed by atoms with E-state index in [1.807, 2.05) is 0 Å². The van der Waals surface area contributed by atoms with E-state index >= 15 is 28.8 Å². The van der Waals surface area contributed by atoms with Crippen molar-refractivity contribution in [1.29, 1.82) is 0 Å². The predicted molar refractivity (Wildman–Crippen MR) is 483 cm³/mol. The van der Waals surface area contributed by atoms with Crippen LogP contribution in [0, 0.1) is 5.92 Å². The summed E-state index contributed by atoms with van der Waals surface area (Å²) in [5, 5.41) is 193. The van der Waals surface area contributed by atoms with Gasteiger partial charge in [-0.2, -0.15) is 0 Å². The molecule has 48 heteroatoms. The van der Waals surface area contributed by atoms with Crippen molar-refractivity contribution in [1.82, 2.24) is 47.9 Å². The second kappa shape index (κ2) is 44.4. The minimum absolute atomic E-state index is 0.0658. The standard InChI is InChI=1S/C93H105Cl2N11O35/c1-35(2)8-6-4-5-7-9-64(116)100-72-78(121)75(118)61(33-108)138-92(72)141-82-58-27-42-28-59(82)135-55-18-13-40(25-49(55)95)81(140-91-71(98-36(3)110)77(120)74(117)60(32-107)137-91)73-89(130)105-70(90(131)132)47-30-44(112)31-57(136-93-80(123)79(122)76(119)62(34-109)139-93)65(47)46-24-38(11-15-52(46)113)66(86(127)106-73)103-88(129)69(42)104-87(128)68-41-22-43(111)29-45(23-41)133-56-26-39(12-16-53(56)114)67(101-83(124)50(96)14-19-63(97)115)85(126)99-51(84(125)102-68)21-37-10-17-54(134-58)48(94)20-37/h10-13,15-18,20,22-31,35,50-51,60-62,66-81,91-93,107-109,111-114,117-123H,4-9,14,19,21,32-34,96H2,1-3H3,(H2,97,115)(H,98,110)(H,99,126)(H,100,116)(H,101,124)(H,102,125)(H,103,129)(H,104,128)(H,105,130)(H,106,127)(H,131,132)/t50-,51+,60+,61+,62+,66+,67-,68-,69+,70+,71+,72+,73-,74+,75+,76+,77+,78+,79-,80-,81+,91-,92-,93-/m0/s1. The first-order chi connectivity index (χ1) is 67.1. The Bertz CT molecular complexity index is 5920. The summed E-state index contributed by atoms with van der Waals surface area (Å²) in [6.45, 7) is 1.87. The van der Waals surface area contributed by atoms with Gasteiger partial charge in [0.05, 0.1) is 35.9 Å². The average molecular weight is 2010 g/mol. The number of ether oxygens (including phenoxy) is 9. The molecule has 0 spiro atoms. The van der Waals surface area contributed by atoms with Gasteiger partial charge in [0.15, 0.2) is 35.3 Å². The van der Waals surface area contributed by atoms with E-state index in [0.29, 0.717) is 18.8 Å². The minimum atomic E-state index is -2.63. The Morgan fingerprint density at radius 2 is 1.06 bits per heavy atom. The van der Waals surface area contributed by atoms with Gasteiger partial charge in [-0.15, -0.1) is 0 Å². The van der Waals surface area contributed by atoms with Crippen LogP contribution in [-0.4, -0.2) is 272 Å². The molecule has 7 aromatic carbocycles. The number of nitrogens with one attached hydrogen (secondary N) is 9. The molecule has 756 valence electrons. The molecule has 0 radical (unpaired) electrons. The lowest BCUT2D eigenvalue weighted by atomic mass is 9.89. The van der Waals surface area contributed by atoms with Crippen LogP contribution < -0.4 is 83.0 Å². The number of aliphatic hydroxyl groups is 10. The molecule has 3 fully saturated rings. The normalized spacial score (nSPS) is 28.0. The van der Waals surface area contributed by atoms with Crippen molar-refractivity contribution < 1.29 is 172 Å². The average Bonchev–Trinajstić information content (AvgIpc) is 0.744. The maximum atomic E-state index is 17.2. The first-order valence-corrected chi connectivity index (χ1v) is 45.5. The molecule has 0 saturated carbocycles. The Kier molecular flexibility index (Phi) is 32.6. The van der Waals surface area contributed by atoms with Gasteiger partial charge < -0.3 is 179 Å². The topological polar surface area (TPSA) is 735 Å². The number of primary amides is 1. The third-order valence-corrected chi connectivity index (χ3v) is 25.3. The number of rotatable bonds is 24. The minimum Gasteiger partial charge on any atom is -0.508 e. The SMILES string of the molecule is CC(=O)N[C@H]1[C@H](O[C@@H]2c3ccc(c(Cl)c3)Oc3cc4cc(c3O[C@@H]3O[C@H](CO)[C@@H](O)[C@H](O)[C@H]3NC(=O)CCCCCCC(C)C)Oc3ccc(cc3Cl)C[C@H]3NC(=O)[C@@H](NC(=O)[C@@H](N)CCC(N)=O)c5ccc(O)c(c5)Oc5cc(O)cc(c5)[C@H](NC3=O)C(=O)N[C@H]4C(=O)N[C@H]3C(=O)N[C@@H]2C(=O)N[C@@H](C(=O)O)c2cc(O)cc(O[C@H]4O[C@H](CO)[C@@H](O)[C@H](O)[C@@H]4O)c2-c2cc3ccc2O)O[C@H](CO)[C@@H](O)[C@@H]1O. The third kappa shape index (κ3) is 23.4. The maximum Gasteiger partial charge on any atom is 0.330 e. The Labute approximate surface area is 810 Å². The summed E-state index contributed by atoms with van der Waals surface area (Å²) in [6, 6.07) is -2.52. The fraction of sp³-hybridized carbons (Fsp3) is 0.430. The number of carboxylic acid groups (broad SMARTS) is 1. The summed E-state index contributed by atoms with van der Waals surface area (Å²) in [5.41, 5.74) is 7.30. The Morgan fingerprint density at radius 1 is 0.496 bits per heavy atom. The van der Waals surface area contributed by atoms with Gasteiger partial charge in [-0.05, 0) is 131 Å². The predicted octanol–water partition coefficient (Wildman–Crippen LogP) is -0.230. The summed E-state index contributed by atoms with van der Waals surface area (Å²) in [7, 11) is 0. The van der Waals surface area contributed by atoms with Crippen LogP contribution in [0.4, 0.5) is 0 Å². The Hall–Kier alpha value is -13.1. The zero-order valence-corrected chi connectivity index (χ0v) is 76.7. The summed E-state index contributed by atoms with van der Waals surface area (Å²) < 4.78 is 57.6. The first-order valence-electron chi connectivity index (χ1n) is 44.7. The largest absolute Gasteiger partial charge is 0.508 e. The number of phenols is 4. The highest BCUT2D eigenvalue weighted by Gasteiger charge is 2.53. The van der Waals surface area contributed by atoms with Gasteiger partial charge >= 0.3 is 5.97 Å². The number of aromatic hydroxyl groups is 4. The molecule has 16 rings (SSSR count). The molecule has 28 N–H and O–H groups in total. The lowest BCUT2D eigenvalue weighted by Crippen LogP contribution is -2.65. The van der Waals surface area contributed by atoms with E-state index in [-0.39, 0.29) is 29.0 Å². The number of amides is 10. The number of hydrogen-bond acceptors (Lipinski definition) is 35. The zero-order chi connectivity index (χ0) is 102. The number of nitrogens with two attached hydrogens (primary N) is 2. The van der Waals surface area contributed by atoms with Gasteiger partial charge in [0, 0.05) is 55.0 Å². The number of carboxylic acids is 1. The van der Waals surface area contributed by atoms with Crippen molar-refractivity contribution in [2.24, 2.45) is 17.4 Å². The summed E-state index contributed by atoms with van der Waals surface area (Å²) in [6.07, 6.45) is -27.3. The number of aliphatic hydroxyl groups excluding tert-OH is 10. The van der Waals surface area contributed by atoms with Gasteiger partial charge in [-0.1, -0.05) is 87.0 Å². The highest BCUT2D eigenvalue weighted by Crippen LogP contribution is 2.51. The van der Waals surface area contributed by atoms with Gasteiger partial charge in [-0.25, -0.2) is 4.79 Å². The molecule has 10 amide bonds. The van der Waals surface area contributed by atoms with Crippen molar-refractivity contribution >= 4 is 88.2 Å². The van der Waals surface area contributed by atoms with E-state index in [9.17, 15) is 101 Å². The lowest BCUT2D eigenvalue weighted by Gasteiger charge is -2.44. The van der Waals surface area contributed by atoms with Crippen molar-refractivity contribution in [3.63, 3.8) is 0 Å². The van der Waals surface area contributed by atoms with E-state index in [0.717, 1.165) is 117 Å². The molecular formula is C93H105Cl2N11O35. The molecule has 17 bridgehead atoms. The number of halogens is 2. The van der Waals surface area contributed by atoms with Gasteiger partial charge in [0.2, 0.25) is 77.4 Å². The fourth-order valence-electron chi connectivity index (χ4n) is 17.3. The molecule has 141 heavy (non-hydrogen) atoms. The van der Waals surface area contributed by atoms with E-state index in [2.05, 4.69) is 61.7 Å². The van der Waals surface area contributed by atoms with Crippen LogP contribution in [0.15, 0.2) is 115 Å². The Morgan fingerprint density at radius 3 is 1.68 bits per heavy atom. The molecule has 3 saturated heterocycles. The molecule has 9 aliphatic heterocycles. The molecule has 0 aromatic heterocycles. The van der Waals surface area contributed by atoms with Crippen molar-refractivity contribution in [3.05, 3.63) is 164 Å². The molecule has 7 aromatic rings. The van der Waals surface area contributed by atoms with E-state index < -0.39 is 357 Å². The Balaban J connectivity index is 1.03. The number of hydrogen-bond donors (Lipinski definition) is 26. The van der Waals surface area contributed by atoms with Crippen LogP contribution in [0.2, 0.25) is 10.0 Å². The van der Waals surface area contributed by atoms with Crippen LogP contribution >= 0.6 is 23.2 Å². The van der Waals surface area contributed by atoms with Crippen LogP contribution in [0.25, 0.3) is 11.1 Å². The molecule has 9 heterocycles. The molecular weight excluding hydrogens is 1900 g/mol. The van der Waals surface area contributed by atoms with Gasteiger partial charge in [-0.3, -0.25) is 47.9 Å². The van der Waals surface area contributed by atoms with E-state index in [1.54, 1.807) is 0 Å². The van der Waals surface area contributed by atoms with Crippen molar-refractivity contribution in [2.45, 2.75) is 225 Å². The number of fused-ring (bicyclic) bond motifs is 14. The number of phenolic OH excluding ortho intramolecular Hbond substituents is 4. The highest BCUT2D eigenvalue weighted by molar-refractivity contribution is 6.32. The first kappa shape index (κ1) is 104. The summed E-state index contributed by atoms with van der Waals surface area (Å²) in [5.74, 6) is -22.3. The molecule has 0 unspecified atom stereocenters. The number of benzene rings is 7. The van der Waals surface area contributed by atoms with E-state index in [1.165, 1.54) is 24.3 Å². The third-order valence-electron chi connectivity index (χ3n) is 24.7. The molecule has 0 aliphatic carbocycles. The number of carbonyl (C=O) groups is 11. The second-order valence-corrected chi connectivity index (χ2v) is 36.1. The molecule has 24 atom stereocenters. The zero-order valence-electron chi connectivity index (χ0n) is 75.2. The highest BCUT2D eigenvalue weighted by atomic mass is 35.5. The maximum absolute atomic E-state index is 17.2. The number of aliphatic carboxylic acids is 1. The van der Waals surface area contributed by atoms with Crippen LogP contribution in [-0.2, 0) is 78.1 Å². The second-order valence-electron chi connectivity index (χ2n) is 35.3. The summed E-state index contributed by atoms with van der Waals surface area (Å²) >= 11 is 14.8. The van der Waals surface area contributed by atoms with Crippen LogP contribution in [0.1, 0.15) is 147 Å². The number of unbranched alkanes of at least 4 members (excludes halogenated alkanes) is 3. The van der Waals surface area contributed by atoms with E-state index in [4.69, 9.17) is 77.3 Å². The fourth-order valence-corrected chi connectivity index (χ4v) is 17.7. The van der Waals surface area contributed by atoms with Crippen LogP contribution in [0.3, 0.4) is 0 Å². The summed E-state index contributed by atoms with van der Waals surface area (Å²) in [4.78, 5) is 166.